The van der Waals surface area contributed by atoms with Gasteiger partial charge in [-0.25, -0.2) is 0 Å². The molecule has 0 radical (unpaired) electrons. The predicted octanol–water partition coefficient (Wildman–Crippen LogP) is 2.19. The number of phenolic OH excluding ortho intramolecular Hbond substituents is 2. The lowest BCUT2D eigenvalue weighted by molar-refractivity contribution is 0.0976. The van der Waals surface area contributed by atoms with Gasteiger partial charge in [0.05, 0.1) is 12.7 Å². The van der Waals surface area contributed by atoms with Gasteiger partial charge in [-0.2, -0.15) is 0 Å². The quantitative estimate of drug-likeness (QED) is 0.715. The van der Waals surface area contributed by atoms with E-state index in [9.17, 15) is 19.8 Å². The van der Waals surface area contributed by atoms with Gasteiger partial charge in [0.2, 0.25) is 0 Å². The van der Waals surface area contributed by atoms with E-state index < -0.39 is 11.6 Å². The summed E-state index contributed by atoms with van der Waals surface area (Å²) < 4.78 is 5.06. The predicted molar refractivity (Wildman–Crippen MR) is 74.4 cm³/mol. The highest BCUT2D eigenvalue weighted by Crippen LogP contribution is 2.39. The number of rotatable bonds is 1. The van der Waals surface area contributed by atoms with Gasteiger partial charge < -0.3 is 14.9 Å². The van der Waals surface area contributed by atoms with Gasteiger partial charge in [-0.1, -0.05) is 0 Å². The Morgan fingerprint density at radius 1 is 0.952 bits per heavy atom. The van der Waals surface area contributed by atoms with Crippen molar-refractivity contribution in [2.45, 2.75) is 6.92 Å². The molecule has 0 unspecified atom stereocenters. The lowest BCUT2D eigenvalue weighted by atomic mass is 9.82. The molecule has 0 amide bonds. The standard InChI is InChI=1S/C16H12O5/c1-7-12(17)6-11-13(14(7)18)16(20)9-4-3-8(21-2)5-10(9)15(11)19/h3-6,17-18H,1-2H3. The maximum Gasteiger partial charge on any atom is 0.198 e. The van der Waals surface area contributed by atoms with Crippen molar-refractivity contribution in [3.63, 3.8) is 0 Å². The molecule has 2 N–H and O–H groups in total. The summed E-state index contributed by atoms with van der Waals surface area (Å²) in [4.78, 5) is 25.0. The normalized spacial score (nSPS) is 12.9. The number of carbonyl (C=O) groups excluding carboxylic acids is 2. The highest BCUT2D eigenvalue weighted by Gasteiger charge is 2.33. The van der Waals surface area contributed by atoms with Gasteiger partial charge in [-0.05, 0) is 31.2 Å². The van der Waals surface area contributed by atoms with Crippen LogP contribution in [0.2, 0.25) is 0 Å². The lowest BCUT2D eigenvalue weighted by Crippen LogP contribution is -2.21. The van der Waals surface area contributed by atoms with Crippen LogP contribution < -0.4 is 4.74 Å². The van der Waals surface area contributed by atoms with Gasteiger partial charge >= 0.3 is 0 Å². The molecule has 106 valence electrons. The molecule has 0 aliphatic heterocycles. The number of hydrogen-bond donors (Lipinski definition) is 2. The Hall–Kier alpha value is -2.82. The third kappa shape index (κ3) is 1.71. The molecular weight excluding hydrogens is 272 g/mol. The molecule has 1 aliphatic rings. The molecule has 21 heavy (non-hydrogen) atoms. The van der Waals surface area contributed by atoms with E-state index in [1.807, 2.05) is 0 Å². The van der Waals surface area contributed by atoms with Crippen LogP contribution in [-0.4, -0.2) is 28.9 Å². The van der Waals surface area contributed by atoms with E-state index in [1.54, 1.807) is 6.07 Å². The van der Waals surface area contributed by atoms with Crippen molar-refractivity contribution in [2.24, 2.45) is 0 Å². The Kier molecular flexibility index (Phi) is 2.73. The number of benzene rings is 2. The molecule has 2 aromatic carbocycles. The van der Waals surface area contributed by atoms with Crippen molar-refractivity contribution < 1.29 is 24.5 Å². The van der Waals surface area contributed by atoms with Crippen LogP contribution in [0.3, 0.4) is 0 Å². The smallest absolute Gasteiger partial charge is 0.198 e. The first kappa shape index (κ1) is 13.2. The molecule has 0 saturated carbocycles. The van der Waals surface area contributed by atoms with Crippen LogP contribution in [-0.2, 0) is 0 Å². The van der Waals surface area contributed by atoms with Crippen molar-refractivity contribution in [3.05, 3.63) is 52.1 Å². The monoisotopic (exact) mass is 284 g/mol. The zero-order valence-electron chi connectivity index (χ0n) is 11.4. The van der Waals surface area contributed by atoms with E-state index >= 15 is 0 Å². The first-order valence-corrected chi connectivity index (χ1v) is 6.28. The fraction of sp³-hybridized carbons (Fsp3) is 0.125. The molecule has 5 nitrogen and oxygen atoms in total. The van der Waals surface area contributed by atoms with Crippen LogP contribution >= 0.6 is 0 Å². The number of carbonyl (C=O) groups is 2. The molecule has 2 aromatic rings. The van der Waals surface area contributed by atoms with Gasteiger partial charge in [-0.15, -0.1) is 0 Å². The fourth-order valence-corrected chi connectivity index (χ4v) is 2.48. The Morgan fingerprint density at radius 3 is 2.33 bits per heavy atom. The maximum atomic E-state index is 12.5. The SMILES string of the molecule is COc1ccc2c(c1)C(=O)c1cc(O)c(C)c(O)c1C2=O. The van der Waals surface area contributed by atoms with E-state index in [0.717, 1.165) is 0 Å². The minimum absolute atomic E-state index is 0.00125. The largest absolute Gasteiger partial charge is 0.508 e. The van der Waals surface area contributed by atoms with Crippen molar-refractivity contribution in [1.82, 2.24) is 0 Å². The molecule has 0 atom stereocenters. The molecule has 0 heterocycles. The second-order valence-electron chi connectivity index (χ2n) is 4.86. The summed E-state index contributed by atoms with van der Waals surface area (Å²) in [5.74, 6) is -0.991. The summed E-state index contributed by atoms with van der Waals surface area (Å²) in [6.45, 7) is 1.48. The van der Waals surface area contributed by atoms with E-state index in [2.05, 4.69) is 0 Å². The van der Waals surface area contributed by atoms with Crippen LogP contribution in [0.1, 0.15) is 37.4 Å². The maximum absolute atomic E-state index is 12.5. The van der Waals surface area contributed by atoms with Crippen molar-refractivity contribution in [1.29, 1.82) is 0 Å². The van der Waals surface area contributed by atoms with Crippen LogP contribution in [0.15, 0.2) is 24.3 Å². The Balaban J connectivity index is 2.33. The summed E-state index contributed by atoms with van der Waals surface area (Å²) in [6.07, 6.45) is 0. The molecule has 0 spiro atoms. The third-order valence-corrected chi connectivity index (χ3v) is 3.71. The average Bonchev–Trinajstić information content (AvgIpc) is 2.49. The number of aromatic hydroxyl groups is 2. The number of ketones is 2. The zero-order chi connectivity index (χ0) is 15.3. The van der Waals surface area contributed by atoms with Crippen LogP contribution in [0, 0.1) is 6.92 Å². The zero-order valence-corrected chi connectivity index (χ0v) is 11.4. The number of phenols is 2. The fourth-order valence-electron chi connectivity index (χ4n) is 2.48. The summed E-state index contributed by atoms with van der Waals surface area (Å²) in [6, 6.07) is 5.78. The summed E-state index contributed by atoms with van der Waals surface area (Å²) in [7, 11) is 1.46. The Morgan fingerprint density at radius 2 is 1.67 bits per heavy atom. The first-order chi connectivity index (χ1) is 9.95. The van der Waals surface area contributed by atoms with Crippen molar-refractivity contribution in [3.8, 4) is 17.2 Å². The Bertz CT molecular complexity index is 805. The van der Waals surface area contributed by atoms with Gasteiger partial charge in [0.15, 0.2) is 11.6 Å². The minimum atomic E-state index is -0.442. The Labute approximate surface area is 120 Å². The van der Waals surface area contributed by atoms with Crippen LogP contribution in [0.25, 0.3) is 0 Å². The number of fused-ring (bicyclic) bond motifs is 2. The molecule has 0 fully saturated rings. The highest BCUT2D eigenvalue weighted by atomic mass is 16.5. The minimum Gasteiger partial charge on any atom is -0.508 e. The van der Waals surface area contributed by atoms with Crippen molar-refractivity contribution in [2.75, 3.05) is 7.11 Å². The molecular formula is C16H12O5. The highest BCUT2D eigenvalue weighted by molar-refractivity contribution is 6.29. The number of hydrogen-bond acceptors (Lipinski definition) is 5. The summed E-state index contributed by atoms with van der Waals surface area (Å²) >= 11 is 0. The van der Waals surface area contributed by atoms with Crippen molar-refractivity contribution >= 4 is 11.6 Å². The topological polar surface area (TPSA) is 83.8 Å². The lowest BCUT2D eigenvalue weighted by Gasteiger charge is -2.20. The summed E-state index contributed by atoms with van der Waals surface area (Å²) in [5, 5.41) is 19.8. The van der Waals surface area contributed by atoms with Gasteiger partial charge in [0.25, 0.3) is 0 Å². The summed E-state index contributed by atoms with van der Waals surface area (Å²) in [5.41, 5.74) is 0.532. The molecule has 3 rings (SSSR count). The molecule has 0 saturated heterocycles. The molecule has 1 aliphatic carbocycles. The number of methoxy groups -OCH3 is 1. The number of ether oxygens (including phenoxy) is 1. The second-order valence-corrected chi connectivity index (χ2v) is 4.86. The second kappa shape index (κ2) is 4.34. The molecule has 5 heteroatoms. The molecule has 0 bridgehead atoms. The van der Waals surface area contributed by atoms with E-state index in [-0.39, 0.29) is 39.3 Å². The van der Waals surface area contributed by atoms with Gasteiger partial charge in [0, 0.05) is 22.3 Å². The van der Waals surface area contributed by atoms with Gasteiger partial charge in [-0.3, -0.25) is 9.59 Å². The van der Waals surface area contributed by atoms with E-state index in [4.69, 9.17) is 4.74 Å². The molecule has 0 aromatic heterocycles. The average molecular weight is 284 g/mol. The van der Waals surface area contributed by atoms with Crippen LogP contribution in [0.4, 0.5) is 0 Å². The first-order valence-electron chi connectivity index (χ1n) is 6.28. The van der Waals surface area contributed by atoms with Crippen LogP contribution in [0.5, 0.6) is 17.2 Å². The third-order valence-electron chi connectivity index (χ3n) is 3.71. The van der Waals surface area contributed by atoms with Gasteiger partial charge in [0.1, 0.15) is 17.2 Å². The van der Waals surface area contributed by atoms with E-state index in [1.165, 1.54) is 32.2 Å². The van der Waals surface area contributed by atoms with E-state index in [0.29, 0.717) is 5.75 Å².